The lowest BCUT2D eigenvalue weighted by atomic mass is 10.2. The van der Waals surface area contributed by atoms with Gasteiger partial charge < -0.3 is 15.4 Å². The molecule has 18 heavy (non-hydrogen) atoms. The van der Waals surface area contributed by atoms with E-state index >= 15 is 0 Å². The standard InChI is InChI=1S/C13H22N4O/c1-4-5-11-15-12(14)9(2)13(16-11)17-7-6-10(8-17)18-3/h10H,4-8H2,1-3H3,(H2,14,15,16). The van der Waals surface area contributed by atoms with Gasteiger partial charge in [0.05, 0.1) is 6.10 Å². The molecule has 0 bridgehead atoms. The Morgan fingerprint density at radius 2 is 2.22 bits per heavy atom. The molecule has 1 aromatic heterocycles. The number of aryl methyl sites for hydroxylation is 1. The third-order valence-electron chi connectivity index (χ3n) is 3.46. The first-order valence-corrected chi connectivity index (χ1v) is 6.56. The number of ether oxygens (including phenoxy) is 1. The van der Waals surface area contributed by atoms with Crippen LogP contribution in [0.15, 0.2) is 0 Å². The van der Waals surface area contributed by atoms with Crippen molar-refractivity contribution in [2.24, 2.45) is 0 Å². The van der Waals surface area contributed by atoms with Gasteiger partial charge in [-0.1, -0.05) is 6.92 Å². The normalized spacial score (nSPS) is 19.5. The largest absolute Gasteiger partial charge is 0.383 e. The van der Waals surface area contributed by atoms with Crippen molar-refractivity contribution in [2.75, 3.05) is 30.8 Å². The lowest BCUT2D eigenvalue weighted by Gasteiger charge is -2.20. The van der Waals surface area contributed by atoms with Crippen molar-refractivity contribution >= 4 is 11.6 Å². The quantitative estimate of drug-likeness (QED) is 0.878. The first-order chi connectivity index (χ1) is 8.65. The fraction of sp³-hybridized carbons (Fsp3) is 0.692. The predicted molar refractivity (Wildman–Crippen MR) is 72.8 cm³/mol. The first-order valence-electron chi connectivity index (χ1n) is 6.56. The Kier molecular flexibility index (Phi) is 4.01. The molecule has 2 rings (SSSR count). The maximum absolute atomic E-state index is 5.98. The predicted octanol–water partition coefficient (Wildman–Crippen LogP) is 1.54. The molecule has 1 fully saturated rings. The Labute approximate surface area is 108 Å². The van der Waals surface area contributed by atoms with Gasteiger partial charge in [-0.3, -0.25) is 0 Å². The fourth-order valence-electron chi connectivity index (χ4n) is 2.32. The van der Waals surface area contributed by atoms with Crippen LogP contribution in [-0.2, 0) is 11.2 Å². The molecule has 1 aliphatic rings. The molecule has 0 amide bonds. The monoisotopic (exact) mass is 250 g/mol. The summed E-state index contributed by atoms with van der Waals surface area (Å²) in [5.41, 5.74) is 6.96. The van der Waals surface area contributed by atoms with Crippen LogP contribution in [0, 0.1) is 6.92 Å². The van der Waals surface area contributed by atoms with Crippen LogP contribution in [0.1, 0.15) is 31.2 Å². The Morgan fingerprint density at radius 1 is 1.44 bits per heavy atom. The minimum Gasteiger partial charge on any atom is -0.383 e. The Balaban J connectivity index is 2.26. The molecule has 2 heterocycles. The van der Waals surface area contributed by atoms with Crippen LogP contribution in [0.2, 0.25) is 0 Å². The number of anilines is 2. The number of nitrogens with zero attached hydrogens (tertiary/aromatic N) is 3. The van der Waals surface area contributed by atoms with Crippen molar-refractivity contribution in [3.05, 3.63) is 11.4 Å². The van der Waals surface area contributed by atoms with Crippen molar-refractivity contribution in [1.82, 2.24) is 9.97 Å². The van der Waals surface area contributed by atoms with Crippen molar-refractivity contribution < 1.29 is 4.74 Å². The van der Waals surface area contributed by atoms with Crippen molar-refractivity contribution in [1.29, 1.82) is 0 Å². The maximum Gasteiger partial charge on any atom is 0.137 e. The van der Waals surface area contributed by atoms with Crippen molar-refractivity contribution in [2.45, 2.75) is 39.2 Å². The topological polar surface area (TPSA) is 64.3 Å². The van der Waals surface area contributed by atoms with E-state index in [1.165, 1.54) is 0 Å². The fourth-order valence-corrected chi connectivity index (χ4v) is 2.32. The summed E-state index contributed by atoms with van der Waals surface area (Å²) >= 11 is 0. The molecule has 0 aromatic carbocycles. The highest BCUT2D eigenvalue weighted by Gasteiger charge is 2.25. The molecule has 1 saturated heterocycles. The minimum atomic E-state index is 0.301. The van der Waals surface area contributed by atoms with E-state index in [4.69, 9.17) is 10.5 Å². The molecule has 1 aromatic rings. The van der Waals surface area contributed by atoms with Gasteiger partial charge in [-0.2, -0.15) is 0 Å². The summed E-state index contributed by atoms with van der Waals surface area (Å²) in [6, 6.07) is 0. The number of aromatic nitrogens is 2. The van der Waals surface area contributed by atoms with E-state index in [0.717, 1.165) is 49.6 Å². The highest BCUT2D eigenvalue weighted by Crippen LogP contribution is 2.26. The van der Waals surface area contributed by atoms with Crippen LogP contribution >= 0.6 is 0 Å². The van der Waals surface area contributed by atoms with E-state index in [2.05, 4.69) is 21.8 Å². The zero-order chi connectivity index (χ0) is 13.1. The Bertz CT molecular complexity index is 422. The zero-order valence-electron chi connectivity index (χ0n) is 11.4. The summed E-state index contributed by atoms with van der Waals surface area (Å²) in [4.78, 5) is 11.2. The van der Waals surface area contributed by atoms with Gasteiger partial charge in [-0.25, -0.2) is 9.97 Å². The average Bonchev–Trinajstić information content (AvgIpc) is 2.82. The molecular formula is C13H22N4O. The van der Waals surface area contributed by atoms with Crippen LogP contribution in [0.25, 0.3) is 0 Å². The van der Waals surface area contributed by atoms with Gasteiger partial charge >= 0.3 is 0 Å². The van der Waals surface area contributed by atoms with Gasteiger partial charge in [-0.15, -0.1) is 0 Å². The van der Waals surface area contributed by atoms with E-state index in [0.29, 0.717) is 11.9 Å². The Hall–Kier alpha value is -1.36. The summed E-state index contributed by atoms with van der Waals surface area (Å²) in [5.74, 6) is 2.42. The van der Waals surface area contributed by atoms with Gasteiger partial charge in [-0.05, 0) is 19.8 Å². The average molecular weight is 250 g/mol. The van der Waals surface area contributed by atoms with Crippen LogP contribution in [0.3, 0.4) is 0 Å². The van der Waals surface area contributed by atoms with Gasteiger partial charge in [0.25, 0.3) is 0 Å². The van der Waals surface area contributed by atoms with Gasteiger partial charge in [0.15, 0.2) is 0 Å². The second-order valence-corrected chi connectivity index (χ2v) is 4.82. The number of methoxy groups -OCH3 is 1. The summed E-state index contributed by atoms with van der Waals surface area (Å²) in [5, 5.41) is 0. The number of hydrogen-bond acceptors (Lipinski definition) is 5. The minimum absolute atomic E-state index is 0.301. The lowest BCUT2D eigenvalue weighted by molar-refractivity contribution is 0.121. The summed E-state index contributed by atoms with van der Waals surface area (Å²) in [6.45, 7) is 5.97. The second-order valence-electron chi connectivity index (χ2n) is 4.82. The van der Waals surface area contributed by atoms with Crippen LogP contribution in [0.5, 0.6) is 0 Å². The molecule has 5 nitrogen and oxygen atoms in total. The molecule has 1 atom stereocenters. The van der Waals surface area contributed by atoms with Gasteiger partial charge in [0.2, 0.25) is 0 Å². The third kappa shape index (κ3) is 2.56. The molecular weight excluding hydrogens is 228 g/mol. The molecule has 0 spiro atoms. The molecule has 5 heteroatoms. The SMILES string of the molecule is CCCc1nc(N)c(C)c(N2CCC(OC)C2)n1. The first kappa shape index (κ1) is 13.1. The molecule has 0 aliphatic carbocycles. The smallest absolute Gasteiger partial charge is 0.137 e. The van der Waals surface area contributed by atoms with Gasteiger partial charge in [0.1, 0.15) is 17.5 Å². The number of nitrogens with two attached hydrogens (primary N) is 1. The Morgan fingerprint density at radius 3 is 2.83 bits per heavy atom. The number of rotatable bonds is 4. The summed E-state index contributed by atoms with van der Waals surface area (Å²) in [7, 11) is 1.76. The van der Waals surface area contributed by atoms with Crippen molar-refractivity contribution in [3.63, 3.8) is 0 Å². The molecule has 0 radical (unpaired) electrons. The van der Waals surface area contributed by atoms with E-state index in [-0.39, 0.29) is 0 Å². The van der Waals surface area contributed by atoms with Crippen molar-refractivity contribution in [3.8, 4) is 0 Å². The van der Waals surface area contributed by atoms with E-state index in [9.17, 15) is 0 Å². The number of nitrogen functional groups attached to an aromatic ring is 1. The third-order valence-corrected chi connectivity index (χ3v) is 3.46. The molecule has 1 unspecified atom stereocenters. The van der Waals surface area contributed by atoms with E-state index in [1.807, 2.05) is 6.92 Å². The van der Waals surface area contributed by atoms with E-state index in [1.54, 1.807) is 7.11 Å². The highest BCUT2D eigenvalue weighted by molar-refractivity contribution is 5.57. The molecule has 100 valence electrons. The summed E-state index contributed by atoms with van der Waals surface area (Å²) in [6.07, 6.45) is 3.25. The van der Waals surface area contributed by atoms with Crippen LogP contribution in [-0.4, -0.2) is 36.3 Å². The molecule has 0 saturated carbocycles. The summed E-state index contributed by atoms with van der Waals surface area (Å²) < 4.78 is 5.39. The second kappa shape index (κ2) is 5.52. The molecule has 1 aliphatic heterocycles. The maximum atomic E-state index is 5.98. The molecule has 2 N–H and O–H groups in total. The number of hydrogen-bond donors (Lipinski definition) is 1. The lowest BCUT2D eigenvalue weighted by Crippen LogP contribution is -2.25. The van der Waals surface area contributed by atoms with E-state index < -0.39 is 0 Å². The van der Waals surface area contributed by atoms with Crippen LogP contribution < -0.4 is 10.6 Å². The van der Waals surface area contributed by atoms with Crippen LogP contribution in [0.4, 0.5) is 11.6 Å². The highest BCUT2D eigenvalue weighted by atomic mass is 16.5. The van der Waals surface area contributed by atoms with Gasteiger partial charge in [0, 0.05) is 32.2 Å². The zero-order valence-corrected chi connectivity index (χ0v) is 11.4.